The lowest BCUT2D eigenvalue weighted by molar-refractivity contribution is 0.101. The van der Waals surface area contributed by atoms with Gasteiger partial charge < -0.3 is 10.6 Å². The van der Waals surface area contributed by atoms with Gasteiger partial charge in [0.15, 0.2) is 5.69 Å². The highest BCUT2D eigenvalue weighted by Crippen LogP contribution is 2.21. The number of benzene rings is 3. The summed E-state index contributed by atoms with van der Waals surface area (Å²) in [6, 6.07) is 28.5. The van der Waals surface area contributed by atoms with E-state index in [9.17, 15) is 9.59 Å². The molecule has 1 unspecified atom stereocenters. The third-order valence-corrected chi connectivity index (χ3v) is 5.15. The van der Waals surface area contributed by atoms with E-state index >= 15 is 0 Å². The monoisotopic (exact) mass is 424 g/mol. The average molecular weight is 425 g/mol. The van der Waals surface area contributed by atoms with Crippen LogP contribution in [-0.4, -0.2) is 15.7 Å². The van der Waals surface area contributed by atoms with Crippen molar-refractivity contribution < 1.29 is 4.79 Å². The molecule has 1 amide bonds. The summed E-state index contributed by atoms with van der Waals surface area (Å²) in [5.74, 6) is -0.543. The van der Waals surface area contributed by atoms with Gasteiger partial charge in [0.25, 0.3) is 5.91 Å². The second-order valence-electron chi connectivity index (χ2n) is 7.55. The quantitative estimate of drug-likeness (QED) is 0.458. The molecule has 0 aliphatic rings. The Hall–Kier alpha value is -4.19. The van der Waals surface area contributed by atoms with Crippen molar-refractivity contribution in [3.8, 4) is 5.69 Å². The van der Waals surface area contributed by atoms with Crippen molar-refractivity contribution in [3.05, 3.63) is 118 Å². The highest BCUT2D eigenvalue weighted by atomic mass is 16.2. The van der Waals surface area contributed by atoms with Crippen molar-refractivity contribution >= 4 is 17.3 Å². The van der Waals surface area contributed by atoms with Crippen LogP contribution in [0.2, 0.25) is 0 Å². The third-order valence-electron chi connectivity index (χ3n) is 5.15. The Balaban J connectivity index is 1.49. The molecule has 0 radical (unpaired) electrons. The normalized spacial score (nSPS) is 11.6. The number of rotatable bonds is 6. The predicted octanol–water partition coefficient (Wildman–Crippen LogP) is 4.97. The minimum absolute atomic E-state index is 0.143. The molecule has 6 heteroatoms. The van der Waals surface area contributed by atoms with Gasteiger partial charge in [-0.15, -0.1) is 0 Å². The number of carbonyl (C=O) groups is 1. The summed E-state index contributed by atoms with van der Waals surface area (Å²) >= 11 is 0. The van der Waals surface area contributed by atoms with Gasteiger partial charge in [-0.1, -0.05) is 48.5 Å². The first-order valence-corrected chi connectivity index (χ1v) is 10.4. The van der Waals surface area contributed by atoms with Crippen molar-refractivity contribution in [1.82, 2.24) is 9.78 Å². The van der Waals surface area contributed by atoms with E-state index in [0.717, 1.165) is 11.4 Å². The van der Waals surface area contributed by atoms with E-state index in [1.165, 1.54) is 11.6 Å². The lowest BCUT2D eigenvalue weighted by Crippen LogP contribution is -2.26. The molecular formula is C26H24N4O2. The van der Waals surface area contributed by atoms with Crippen LogP contribution in [0.25, 0.3) is 5.69 Å². The van der Waals surface area contributed by atoms with Crippen LogP contribution in [0.1, 0.15) is 34.7 Å². The van der Waals surface area contributed by atoms with E-state index < -0.39 is 11.3 Å². The summed E-state index contributed by atoms with van der Waals surface area (Å²) in [5, 5.41) is 10.5. The lowest BCUT2D eigenvalue weighted by atomic mass is 10.1. The second-order valence-corrected chi connectivity index (χ2v) is 7.55. The van der Waals surface area contributed by atoms with E-state index in [1.54, 1.807) is 23.7 Å². The van der Waals surface area contributed by atoms with Crippen molar-refractivity contribution in [2.75, 3.05) is 10.6 Å². The van der Waals surface area contributed by atoms with E-state index in [0.29, 0.717) is 11.4 Å². The number of aromatic nitrogens is 2. The van der Waals surface area contributed by atoms with Gasteiger partial charge in [0.1, 0.15) is 0 Å². The summed E-state index contributed by atoms with van der Waals surface area (Å²) in [6.45, 7) is 3.87. The zero-order valence-corrected chi connectivity index (χ0v) is 17.9. The van der Waals surface area contributed by atoms with Crippen LogP contribution in [0.3, 0.4) is 0 Å². The maximum Gasteiger partial charge on any atom is 0.280 e. The SMILES string of the molecule is Cc1cc(=O)c(C(=O)Nc2ccc(NC(C)c3ccccc3)cc2)nn1-c1ccccc1. The second kappa shape index (κ2) is 9.31. The fraction of sp³-hybridized carbons (Fsp3) is 0.115. The summed E-state index contributed by atoms with van der Waals surface area (Å²) in [6.07, 6.45) is 0. The zero-order chi connectivity index (χ0) is 22.5. The molecule has 1 aromatic heterocycles. The van der Waals surface area contributed by atoms with Gasteiger partial charge in [0.05, 0.1) is 5.69 Å². The molecule has 4 rings (SSSR count). The van der Waals surface area contributed by atoms with Crippen LogP contribution in [0.4, 0.5) is 11.4 Å². The number of nitrogens with zero attached hydrogens (tertiary/aromatic N) is 2. The largest absolute Gasteiger partial charge is 0.379 e. The maximum atomic E-state index is 12.8. The molecule has 32 heavy (non-hydrogen) atoms. The van der Waals surface area contributed by atoms with Crippen LogP contribution < -0.4 is 16.1 Å². The van der Waals surface area contributed by atoms with Gasteiger partial charge in [-0.2, -0.15) is 5.10 Å². The molecule has 1 atom stereocenters. The molecule has 3 aromatic carbocycles. The number of aryl methyl sites for hydroxylation is 1. The van der Waals surface area contributed by atoms with Crippen molar-refractivity contribution in [3.63, 3.8) is 0 Å². The maximum absolute atomic E-state index is 12.8. The first-order valence-electron chi connectivity index (χ1n) is 10.4. The Labute approximate surface area is 186 Å². The summed E-state index contributed by atoms with van der Waals surface area (Å²) in [7, 11) is 0. The molecule has 0 saturated heterocycles. The number of hydrogen-bond donors (Lipinski definition) is 2. The van der Waals surface area contributed by atoms with Crippen LogP contribution in [0.5, 0.6) is 0 Å². The first kappa shape index (κ1) is 21.1. The standard InChI is InChI=1S/C26H24N4O2/c1-18-17-24(31)25(29-30(18)23-11-7-4-8-12-23)26(32)28-22-15-13-21(14-16-22)27-19(2)20-9-5-3-6-10-20/h3-17,19,27H,1-2H3,(H,28,32). The number of nitrogens with one attached hydrogen (secondary N) is 2. The van der Waals surface area contributed by atoms with E-state index in [4.69, 9.17) is 0 Å². The molecular weight excluding hydrogens is 400 g/mol. The van der Waals surface area contributed by atoms with E-state index in [2.05, 4.69) is 34.8 Å². The number of hydrogen-bond acceptors (Lipinski definition) is 4. The molecule has 0 bridgehead atoms. The minimum Gasteiger partial charge on any atom is -0.379 e. The van der Waals surface area contributed by atoms with Gasteiger partial charge in [-0.3, -0.25) is 9.59 Å². The number of amides is 1. The van der Waals surface area contributed by atoms with Crippen molar-refractivity contribution in [1.29, 1.82) is 0 Å². The Bertz CT molecular complexity index is 1270. The van der Waals surface area contributed by atoms with E-state index in [-0.39, 0.29) is 11.7 Å². The van der Waals surface area contributed by atoms with Crippen LogP contribution >= 0.6 is 0 Å². The van der Waals surface area contributed by atoms with Gasteiger partial charge in [0.2, 0.25) is 5.43 Å². The number of para-hydroxylation sites is 1. The third kappa shape index (κ3) is 4.75. The number of carbonyl (C=O) groups excluding carboxylic acids is 1. The molecule has 2 N–H and O–H groups in total. The Morgan fingerprint density at radius 2 is 1.47 bits per heavy atom. The topological polar surface area (TPSA) is 76.0 Å². The summed E-state index contributed by atoms with van der Waals surface area (Å²) in [4.78, 5) is 25.2. The predicted molar refractivity (Wildman–Crippen MR) is 127 cm³/mol. The highest BCUT2D eigenvalue weighted by Gasteiger charge is 2.16. The van der Waals surface area contributed by atoms with Crippen molar-refractivity contribution in [2.24, 2.45) is 0 Å². The molecule has 0 aliphatic carbocycles. The molecule has 160 valence electrons. The lowest BCUT2D eigenvalue weighted by Gasteiger charge is -2.16. The summed E-state index contributed by atoms with van der Waals surface area (Å²) in [5.41, 5.74) is 3.56. The fourth-order valence-electron chi connectivity index (χ4n) is 3.45. The molecule has 4 aromatic rings. The molecule has 0 aliphatic heterocycles. The molecule has 0 fully saturated rings. The van der Waals surface area contributed by atoms with Crippen molar-refractivity contribution in [2.45, 2.75) is 19.9 Å². The van der Waals surface area contributed by atoms with Gasteiger partial charge >= 0.3 is 0 Å². The molecule has 1 heterocycles. The molecule has 0 saturated carbocycles. The fourth-order valence-corrected chi connectivity index (χ4v) is 3.45. The average Bonchev–Trinajstić information content (AvgIpc) is 2.81. The van der Waals surface area contributed by atoms with Gasteiger partial charge in [-0.05, 0) is 55.8 Å². The molecule has 0 spiro atoms. The zero-order valence-electron chi connectivity index (χ0n) is 17.9. The van der Waals surface area contributed by atoms with Gasteiger partial charge in [0, 0.05) is 29.2 Å². The Kier molecular flexibility index (Phi) is 6.12. The number of anilines is 2. The van der Waals surface area contributed by atoms with Crippen LogP contribution in [0, 0.1) is 6.92 Å². The Morgan fingerprint density at radius 3 is 2.12 bits per heavy atom. The van der Waals surface area contributed by atoms with Crippen LogP contribution in [0.15, 0.2) is 95.8 Å². The smallest absolute Gasteiger partial charge is 0.280 e. The van der Waals surface area contributed by atoms with Crippen LogP contribution in [-0.2, 0) is 0 Å². The highest BCUT2D eigenvalue weighted by molar-refractivity contribution is 6.02. The summed E-state index contributed by atoms with van der Waals surface area (Å²) < 4.78 is 1.59. The first-order chi connectivity index (χ1) is 15.5. The minimum atomic E-state index is -0.543. The Morgan fingerprint density at radius 1 is 0.875 bits per heavy atom. The molecule has 6 nitrogen and oxygen atoms in total. The van der Waals surface area contributed by atoms with Gasteiger partial charge in [-0.25, -0.2) is 4.68 Å². The van der Waals surface area contributed by atoms with E-state index in [1.807, 2.05) is 60.7 Å².